The van der Waals surface area contributed by atoms with Gasteiger partial charge in [-0.05, 0) is 0 Å². The van der Waals surface area contributed by atoms with Crippen molar-refractivity contribution in [3.63, 3.8) is 0 Å². The van der Waals surface area contributed by atoms with Gasteiger partial charge in [0.25, 0.3) is 5.91 Å². The number of thioether (sulfide) groups is 1. The fourth-order valence-electron chi connectivity index (χ4n) is 0.725. The van der Waals surface area contributed by atoms with Crippen molar-refractivity contribution in [2.75, 3.05) is 5.75 Å². The van der Waals surface area contributed by atoms with E-state index >= 15 is 0 Å². The van der Waals surface area contributed by atoms with Gasteiger partial charge >= 0.3 is 6.18 Å². The molecule has 0 saturated heterocycles. The number of rotatable bonds is 2. The van der Waals surface area contributed by atoms with Gasteiger partial charge in [0, 0.05) is 12.8 Å². The fraction of sp³-hybridized carbons (Fsp3) is 0.667. The summed E-state index contributed by atoms with van der Waals surface area (Å²) in [5.41, 5.74) is 0. The Labute approximate surface area is 71.2 Å². The van der Waals surface area contributed by atoms with Crippen molar-refractivity contribution in [1.29, 1.82) is 0 Å². The summed E-state index contributed by atoms with van der Waals surface area (Å²) in [5, 5.41) is 0.303. The molecule has 0 radical (unpaired) electrons. The first-order valence-electron chi connectivity index (χ1n) is 3.27. The monoisotopic (exact) mass is 197 g/mol. The normalized spacial score (nSPS) is 18.2. The summed E-state index contributed by atoms with van der Waals surface area (Å²) in [7, 11) is 0. The maximum atomic E-state index is 11.7. The molecule has 0 spiro atoms. The number of nitrogens with zero attached hydrogens (tertiary/aromatic N) is 1. The number of aliphatic imine (C=N–C) groups is 1. The van der Waals surface area contributed by atoms with Crippen LogP contribution in [0.2, 0.25) is 0 Å². The summed E-state index contributed by atoms with van der Waals surface area (Å²) >= 11 is 1.09. The van der Waals surface area contributed by atoms with E-state index in [1.165, 1.54) is 0 Å². The molecule has 12 heavy (non-hydrogen) atoms. The van der Waals surface area contributed by atoms with Gasteiger partial charge in [-0.3, -0.25) is 4.79 Å². The molecule has 1 heterocycles. The average molecular weight is 197 g/mol. The summed E-state index contributed by atoms with van der Waals surface area (Å²) in [6.45, 7) is 0. The molecule has 0 saturated carbocycles. The van der Waals surface area contributed by atoms with E-state index in [-0.39, 0.29) is 18.1 Å². The largest absolute Gasteiger partial charge is 0.389 e. The highest BCUT2D eigenvalue weighted by molar-refractivity contribution is 8.15. The lowest BCUT2D eigenvalue weighted by molar-refractivity contribution is -0.132. The van der Waals surface area contributed by atoms with Crippen LogP contribution in [0.4, 0.5) is 13.2 Å². The van der Waals surface area contributed by atoms with Crippen molar-refractivity contribution >= 4 is 22.7 Å². The first-order chi connectivity index (χ1) is 5.47. The molecule has 0 aliphatic carbocycles. The average Bonchev–Trinajstić information content (AvgIpc) is 2.30. The molecule has 1 amide bonds. The van der Waals surface area contributed by atoms with Crippen molar-refractivity contribution < 1.29 is 18.0 Å². The lowest BCUT2D eigenvalue weighted by Gasteiger charge is -2.03. The second-order valence-electron chi connectivity index (χ2n) is 2.30. The van der Waals surface area contributed by atoms with Crippen molar-refractivity contribution in [2.45, 2.75) is 19.0 Å². The number of hydrogen-bond acceptors (Lipinski definition) is 2. The second kappa shape index (κ2) is 3.47. The molecule has 0 aromatic carbocycles. The Morgan fingerprint density at radius 1 is 1.50 bits per heavy atom. The van der Waals surface area contributed by atoms with Gasteiger partial charge in [0.15, 0.2) is 0 Å². The molecule has 68 valence electrons. The summed E-state index contributed by atoms with van der Waals surface area (Å²) in [4.78, 5) is 13.9. The van der Waals surface area contributed by atoms with Gasteiger partial charge in [0.2, 0.25) is 0 Å². The van der Waals surface area contributed by atoms with Crippen LogP contribution >= 0.6 is 11.8 Å². The predicted octanol–water partition coefficient (Wildman–Crippen LogP) is 2.00. The Balaban J connectivity index is 2.34. The predicted molar refractivity (Wildman–Crippen MR) is 40.2 cm³/mol. The SMILES string of the molecule is O=C1CSC(CCC(F)(F)F)=N1. The summed E-state index contributed by atoms with van der Waals surface area (Å²) < 4.78 is 35.0. The Morgan fingerprint density at radius 3 is 2.58 bits per heavy atom. The zero-order valence-electron chi connectivity index (χ0n) is 6.02. The van der Waals surface area contributed by atoms with Crippen LogP contribution in [0.1, 0.15) is 12.8 Å². The summed E-state index contributed by atoms with van der Waals surface area (Å²) in [5.74, 6) is -0.148. The molecule has 6 heteroatoms. The van der Waals surface area contributed by atoms with E-state index in [0.29, 0.717) is 5.04 Å². The molecule has 0 fully saturated rings. The topological polar surface area (TPSA) is 29.4 Å². The number of halogens is 3. The Kier molecular flexibility index (Phi) is 2.76. The lowest BCUT2D eigenvalue weighted by atomic mass is 10.3. The van der Waals surface area contributed by atoms with Crippen molar-refractivity contribution in [1.82, 2.24) is 0 Å². The van der Waals surface area contributed by atoms with E-state index in [1.54, 1.807) is 0 Å². The molecule has 0 unspecified atom stereocenters. The van der Waals surface area contributed by atoms with E-state index in [2.05, 4.69) is 4.99 Å². The van der Waals surface area contributed by atoms with Crippen LogP contribution in [0, 0.1) is 0 Å². The molecule has 0 N–H and O–H groups in total. The lowest BCUT2D eigenvalue weighted by Crippen LogP contribution is -2.08. The Bertz CT molecular complexity index is 223. The smallest absolute Gasteiger partial charge is 0.272 e. The van der Waals surface area contributed by atoms with Gasteiger partial charge in [-0.1, -0.05) is 0 Å². The number of hydrogen-bond donors (Lipinski definition) is 0. The first-order valence-corrected chi connectivity index (χ1v) is 4.26. The van der Waals surface area contributed by atoms with E-state index in [0.717, 1.165) is 11.8 Å². The second-order valence-corrected chi connectivity index (χ2v) is 3.35. The van der Waals surface area contributed by atoms with Crippen LogP contribution in [0.15, 0.2) is 4.99 Å². The maximum absolute atomic E-state index is 11.7. The number of carbonyl (C=O) groups is 1. The quantitative estimate of drug-likeness (QED) is 0.677. The van der Waals surface area contributed by atoms with Crippen LogP contribution in [0.5, 0.6) is 0 Å². The third-order valence-corrected chi connectivity index (χ3v) is 2.25. The van der Waals surface area contributed by atoms with E-state index in [1.807, 2.05) is 0 Å². The first kappa shape index (κ1) is 9.57. The van der Waals surface area contributed by atoms with Gasteiger partial charge in [-0.2, -0.15) is 13.2 Å². The molecule has 0 atom stereocenters. The van der Waals surface area contributed by atoms with Gasteiger partial charge in [0.05, 0.1) is 10.8 Å². The Morgan fingerprint density at radius 2 is 2.17 bits per heavy atom. The molecule has 2 nitrogen and oxygen atoms in total. The zero-order valence-corrected chi connectivity index (χ0v) is 6.84. The molecule has 0 aromatic rings. The number of carbonyl (C=O) groups excluding carboxylic acids is 1. The van der Waals surface area contributed by atoms with Crippen LogP contribution in [0.25, 0.3) is 0 Å². The summed E-state index contributed by atoms with van der Waals surface area (Å²) in [6, 6.07) is 0. The van der Waals surface area contributed by atoms with Crippen LogP contribution in [0.3, 0.4) is 0 Å². The van der Waals surface area contributed by atoms with Crippen molar-refractivity contribution in [3.05, 3.63) is 0 Å². The van der Waals surface area contributed by atoms with Crippen LogP contribution in [-0.4, -0.2) is 22.9 Å². The number of amides is 1. The minimum Gasteiger partial charge on any atom is -0.272 e. The fourth-order valence-corrected chi connectivity index (χ4v) is 1.49. The highest BCUT2D eigenvalue weighted by atomic mass is 32.2. The minimum atomic E-state index is -4.16. The molecular weight excluding hydrogens is 191 g/mol. The van der Waals surface area contributed by atoms with Gasteiger partial charge in [-0.25, -0.2) is 4.99 Å². The molecule has 0 bridgehead atoms. The minimum absolute atomic E-state index is 0.167. The molecule has 1 aliphatic heterocycles. The Hall–Kier alpha value is -0.520. The maximum Gasteiger partial charge on any atom is 0.389 e. The third kappa shape index (κ3) is 3.25. The van der Waals surface area contributed by atoms with E-state index < -0.39 is 12.6 Å². The molecule has 1 rings (SSSR count). The third-order valence-electron chi connectivity index (χ3n) is 1.23. The van der Waals surface area contributed by atoms with Gasteiger partial charge < -0.3 is 0 Å². The molecular formula is C6H6F3NOS. The highest BCUT2D eigenvalue weighted by Gasteiger charge is 2.28. The van der Waals surface area contributed by atoms with Crippen molar-refractivity contribution in [2.24, 2.45) is 4.99 Å². The highest BCUT2D eigenvalue weighted by Crippen LogP contribution is 2.25. The van der Waals surface area contributed by atoms with E-state index in [4.69, 9.17) is 0 Å². The molecule has 1 aliphatic rings. The number of alkyl halides is 3. The summed E-state index contributed by atoms with van der Waals surface area (Å²) in [6.07, 6.45) is -5.22. The zero-order chi connectivity index (χ0) is 9.19. The van der Waals surface area contributed by atoms with E-state index in [9.17, 15) is 18.0 Å². The van der Waals surface area contributed by atoms with Gasteiger partial charge in [0.1, 0.15) is 0 Å². The van der Waals surface area contributed by atoms with Gasteiger partial charge in [-0.15, -0.1) is 11.8 Å². The van der Waals surface area contributed by atoms with Crippen molar-refractivity contribution in [3.8, 4) is 0 Å². The standard InChI is InChI=1S/C6H6F3NOS/c7-6(8,9)2-1-5-10-4(11)3-12-5/h1-3H2. The van der Waals surface area contributed by atoms with Crippen LogP contribution in [-0.2, 0) is 4.79 Å². The van der Waals surface area contributed by atoms with Crippen LogP contribution < -0.4 is 0 Å². The molecule has 0 aromatic heterocycles.